The number of rotatable bonds is 0. The lowest BCUT2D eigenvalue weighted by molar-refractivity contribution is 0.913. The number of aromatic nitrogens is 1. The average molecular weight is 187 g/mol. The van der Waals surface area contributed by atoms with Gasteiger partial charge in [-0.05, 0) is 18.2 Å². The van der Waals surface area contributed by atoms with Crippen LogP contribution in [0.15, 0.2) is 29.0 Å². The van der Waals surface area contributed by atoms with E-state index < -0.39 is 0 Å². The number of anilines is 1. The molecule has 0 atom stereocenters. The van der Waals surface area contributed by atoms with E-state index in [1.54, 1.807) is 6.20 Å². The first kappa shape index (κ1) is 7.52. The molecule has 1 aromatic heterocycles. The summed E-state index contributed by atoms with van der Waals surface area (Å²) in [5, 5.41) is 4.66. The highest BCUT2D eigenvalue weighted by Crippen LogP contribution is 2.25. The Morgan fingerprint density at radius 1 is 1.50 bits per heavy atom. The topological polar surface area (TPSA) is 66.5 Å². The maximum atomic E-state index is 5.89. The van der Waals surface area contributed by atoms with E-state index in [9.17, 15) is 0 Å². The van der Waals surface area contributed by atoms with Crippen molar-refractivity contribution in [3.05, 3.63) is 29.6 Å². The molecule has 3 N–H and O–H groups in total. The maximum absolute atomic E-state index is 5.89. The molecule has 2 aliphatic heterocycles. The van der Waals surface area contributed by atoms with E-state index in [2.05, 4.69) is 15.3 Å². The smallest absolute Gasteiger partial charge is 0.169 e. The summed E-state index contributed by atoms with van der Waals surface area (Å²) in [5.41, 5.74) is 1.98. The van der Waals surface area contributed by atoms with Gasteiger partial charge in [0.05, 0.1) is 5.70 Å². The molecule has 3 heterocycles. The van der Waals surface area contributed by atoms with E-state index in [0.29, 0.717) is 6.67 Å². The van der Waals surface area contributed by atoms with Gasteiger partial charge < -0.3 is 5.32 Å². The molecule has 5 heteroatoms. The van der Waals surface area contributed by atoms with Crippen molar-refractivity contribution < 1.29 is 0 Å². The molecule has 0 amide bonds. The summed E-state index contributed by atoms with van der Waals surface area (Å²) < 4.78 is 0. The highest BCUT2D eigenvalue weighted by molar-refractivity contribution is 6.15. The fourth-order valence-electron chi connectivity index (χ4n) is 1.66. The Balaban J connectivity index is 2.23. The first-order valence-corrected chi connectivity index (χ1v) is 4.36. The average Bonchev–Trinajstić information content (AvgIpc) is 2.66. The number of nitrogens with zero attached hydrogens (tertiary/aromatic N) is 3. The number of hydrogen-bond donors (Lipinski definition) is 2. The van der Waals surface area contributed by atoms with Crippen LogP contribution in [0.2, 0.25) is 0 Å². The highest BCUT2D eigenvalue weighted by Gasteiger charge is 2.25. The summed E-state index contributed by atoms with van der Waals surface area (Å²) in [6.07, 6.45) is 3.73. The Hall–Kier alpha value is -1.88. The molecule has 0 aliphatic carbocycles. The maximum Gasteiger partial charge on any atom is 0.169 e. The summed E-state index contributed by atoms with van der Waals surface area (Å²) in [5.74, 6) is 7.40. The second kappa shape index (κ2) is 2.55. The molecule has 0 radical (unpaired) electrons. The minimum atomic E-state index is 0.586. The number of nitrogens with one attached hydrogen (secondary N) is 1. The van der Waals surface area contributed by atoms with Gasteiger partial charge in [-0.25, -0.2) is 20.8 Å². The van der Waals surface area contributed by atoms with E-state index in [0.717, 1.165) is 22.9 Å². The van der Waals surface area contributed by atoms with Gasteiger partial charge in [-0.15, -0.1) is 0 Å². The van der Waals surface area contributed by atoms with Crippen molar-refractivity contribution in [2.24, 2.45) is 10.8 Å². The molecule has 0 unspecified atom stereocenters. The van der Waals surface area contributed by atoms with Gasteiger partial charge >= 0.3 is 0 Å². The Morgan fingerprint density at radius 3 is 3.36 bits per heavy atom. The normalized spacial score (nSPS) is 17.9. The van der Waals surface area contributed by atoms with E-state index in [1.165, 1.54) is 5.01 Å². The number of aliphatic imine (C=N–C) groups is 1. The van der Waals surface area contributed by atoms with Crippen molar-refractivity contribution in [1.29, 1.82) is 0 Å². The second-order valence-electron chi connectivity index (χ2n) is 3.16. The lowest BCUT2D eigenvalue weighted by Gasteiger charge is -2.23. The molecule has 0 spiro atoms. The monoisotopic (exact) mass is 187 g/mol. The van der Waals surface area contributed by atoms with Crippen LogP contribution in [0.25, 0.3) is 6.08 Å². The largest absolute Gasteiger partial charge is 0.363 e. The fourth-order valence-corrected chi connectivity index (χ4v) is 1.66. The zero-order valence-electron chi connectivity index (χ0n) is 7.44. The van der Waals surface area contributed by atoms with Crippen LogP contribution in [0, 0.1) is 0 Å². The number of nitrogens with two attached hydrogens (primary N) is 1. The Morgan fingerprint density at radius 2 is 2.43 bits per heavy atom. The Labute approximate surface area is 80.9 Å². The zero-order valence-corrected chi connectivity index (χ0v) is 7.44. The van der Waals surface area contributed by atoms with Crippen LogP contribution in [0.5, 0.6) is 0 Å². The van der Waals surface area contributed by atoms with Crippen molar-refractivity contribution in [2.45, 2.75) is 0 Å². The van der Waals surface area contributed by atoms with E-state index in [4.69, 9.17) is 5.84 Å². The lowest BCUT2D eigenvalue weighted by Crippen LogP contribution is -2.41. The zero-order chi connectivity index (χ0) is 9.54. The molecule has 0 aromatic carbocycles. The second-order valence-corrected chi connectivity index (χ2v) is 3.16. The van der Waals surface area contributed by atoms with Crippen LogP contribution in [0.3, 0.4) is 0 Å². The molecule has 0 saturated carbocycles. The molecule has 1 aromatic rings. The molecule has 0 bridgehead atoms. The molecule has 3 rings (SSSR count). The van der Waals surface area contributed by atoms with Gasteiger partial charge in [0.1, 0.15) is 6.67 Å². The predicted molar refractivity (Wildman–Crippen MR) is 54.3 cm³/mol. The Bertz CT molecular complexity index is 448. The number of fused-ring (bicyclic) bond motifs is 2. The highest BCUT2D eigenvalue weighted by atomic mass is 15.5. The van der Waals surface area contributed by atoms with Crippen LogP contribution in [0.4, 0.5) is 5.82 Å². The quantitative estimate of drug-likeness (QED) is 0.564. The summed E-state index contributed by atoms with van der Waals surface area (Å²) in [7, 11) is 0. The SMILES string of the molecule is NN1C2=NCNC2=Cc2cccnc21. The molecular formula is C9H9N5. The van der Waals surface area contributed by atoms with E-state index >= 15 is 0 Å². The molecule has 5 nitrogen and oxygen atoms in total. The van der Waals surface area contributed by atoms with Crippen LogP contribution < -0.4 is 16.2 Å². The molecule has 0 saturated heterocycles. The molecular weight excluding hydrogens is 178 g/mol. The van der Waals surface area contributed by atoms with Crippen molar-refractivity contribution in [1.82, 2.24) is 10.3 Å². The Kier molecular flexibility index (Phi) is 1.37. The fraction of sp³-hybridized carbons (Fsp3) is 0.111. The summed E-state index contributed by atoms with van der Waals surface area (Å²) >= 11 is 0. The number of hydrogen-bond acceptors (Lipinski definition) is 5. The van der Waals surface area contributed by atoms with Crippen LogP contribution in [-0.2, 0) is 0 Å². The third-order valence-corrected chi connectivity index (χ3v) is 2.31. The van der Waals surface area contributed by atoms with Gasteiger partial charge in [0.25, 0.3) is 0 Å². The first-order chi connectivity index (χ1) is 6.86. The van der Waals surface area contributed by atoms with Gasteiger partial charge in [0, 0.05) is 11.8 Å². The van der Waals surface area contributed by atoms with Crippen LogP contribution >= 0.6 is 0 Å². The van der Waals surface area contributed by atoms with E-state index in [-0.39, 0.29) is 0 Å². The van der Waals surface area contributed by atoms with Crippen molar-refractivity contribution >= 4 is 17.7 Å². The van der Waals surface area contributed by atoms with Crippen molar-refractivity contribution in [3.63, 3.8) is 0 Å². The van der Waals surface area contributed by atoms with Crippen molar-refractivity contribution in [3.8, 4) is 0 Å². The minimum absolute atomic E-state index is 0.586. The summed E-state index contributed by atoms with van der Waals surface area (Å²) in [6, 6.07) is 3.87. The third kappa shape index (κ3) is 0.869. The predicted octanol–water partition coefficient (Wildman–Crippen LogP) is 0.0754. The number of amidine groups is 1. The standard InChI is InChI=1S/C9H9N5/c10-14-8-6(2-1-3-11-8)4-7-9(14)13-5-12-7/h1-4,12H,5,10H2. The summed E-state index contributed by atoms with van der Waals surface area (Å²) in [4.78, 5) is 8.44. The lowest BCUT2D eigenvalue weighted by atomic mass is 10.1. The van der Waals surface area contributed by atoms with Crippen LogP contribution in [-0.4, -0.2) is 17.5 Å². The van der Waals surface area contributed by atoms with Gasteiger partial charge in [0.2, 0.25) is 0 Å². The van der Waals surface area contributed by atoms with Gasteiger partial charge in [-0.3, -0.25) is 0 Å². The van der Waals surface area contributed by atoms with Gasteiger partial charge in [-0.2, -0.15) is 0 Å². The molecule has 2 aliphatic rings. The third-order valence-electron chi connectivity index (χ3n) is 2.31. The van der Waals surface area contributed by atoms with E-state index in [1.807, 2.05) is 18.2 Å². The molecule has 70 valence electrons. The number of pyridine rings is 1. The van der Waals surface area contributed by atoms with Crippen molar-refractivity contribution in [2.75, 3.05) is 11.7 Å². The molecule has 0 fully saturated rings. The minimum Gasteiger partial charge on any atom is -0.363 e. The van der Waals surface area contributed by atoms with Gasteiger partial charge in [0.15, 0.2) is 11.7 Å². The van der Waals surface area contributed by atoms with Crippen LogP contribution in [0.1, 0.15) is 5.56 Å². The van der Waals surface area contributed by atoms with Gasteiger partial charge in [-0.1, -0.05) is 0 Å². The number of hydrazine groups is 1. The molecule has 14 heavy (non-hydrogen) atoms. The first-order valence-electron chi connectivity index (χ1n) is 4.36. The summed E-state index contributed by atoms with van der Waals surface area (Å²) in [6.45, 7) is 0.586.